The Morgan fingerprint density at radius 3 is 2.43 bits per heavy atom. The lowest BCUT2D eigenvalue weighted by Crippen LogP contribution is -2.30. The van der Waals surface area contributed by atoms with Gasteiger partial charge in [-0.15, -0.1) is 0 Å². The molecule has 106 valence electrons. The molecule has 1 aromatic heterocycles. The first kappa shape index (κ1) is 13.8. The van der Waals surface area contributed by atoms with Gasteiger partial charge >= 0.3 is 0 Å². The van der Waals surface area contributed by atoms with E-state index >= 15 is 0 Å². The second-order valence-electron chi connectivity index (χ2n) is 6.09. The minimum absolute atomic E-state index is 0.560. The molecule has 1 nitrogen and oxygen atoms in total. The van der Waals surface area contributed by atoms with Gasteiger partial charge in [0.15, 0.2) is 6.20 Å². The monoisotopic (exact) mass is 276 g/mol. The Balaban J connectivity index is 2.32. The molecule has 0 saturated carbocycles. The standard InChI is InChI=1S/C20H22N/c1-14(2)16-9-10-19-17(13-16)11-12-21(4)20(19)18-8-6-5-7-15(18)3/h5-14H,1-4H3/q+1. The van der Waals surface area contributed by atoms with E-state index in [4.69, 9.17) is 0 Å². The summed E-state index contributed by atoms with van der Waals surface area (Å²) in [5.41, 5.74) is 5.31. The fourth-order valence-corrected chi connectivity index (χ4v) is 2.92. The van der Waals surface area contributed by atoms with E-state index in [1.807, 2.05) is 0 Å². The molecule has 0 spiro atoms. The number of rotatable bonds is 2. The lowest BCUT2D eigenvalue weighted by Gasteiger charge is -2.10. The minimum atomic E-state index is 0.560. The summed E-state index contributed by atoms with van der Waals surface area (Å²) < 4.78 is 2.22. The third-order valence-electron chi connectivity index (χ3n) is 4.23. The molecule has 3 rings (SSSR count). The van der Waals surface area contributed by atoms with Crippen molar-refractivity contribution in [2.75, 3.05) is 0 Å². The molecule has 0 N–H and O–H groups in total. The van der Waals surface area contributed by atoms with Gasteiger partial charge in [0.05, 0.1) is 5.39 Å². The molecule has 0 fully saturated rings. The smallest absolute Gasteiger partial charge is 0.200 e. The number of aromatic nitrogens is 1. The Morgan fingerprint density at radius 2 is 1.71 bits per heavy atom. The Bertz CT molecular complexity index is 800. The van der Waals surface area contributed by atoms with Crippen LogP contribution in [0.2, 0.25) is 0 Å². The van der Waals surface area contributed by atoms with Crippen LogP contribution in [0.5, 0.6) is 0 Å². The molecular formula is C20H22N+. The average Bonchev–Trinajstić information content (AvgIpc) is 2.48. The van der Waals surface area contributed by atoms with Crippen LogP contribution in [0.1, 0.15) is 30.9 Å². The van der Waals surface area contributed by atoms with Gasteiger partial charge in [0.25, 0.3) is 0 Å². The van der Waals surface area contributed by atoms with E-state index < -0.39 is 0 Å². The van der Waals surface area contributed by atoms with Crippen molar-refractivity contribution in [3.8, 4) is 11.3 Å². The summed E-state index contributed by atoms with van der Waals surface area (Å²) in [7, 11) is 2.12. The maximum atomic E-state index is 2.32. The van der Waals surface area contributed by atoms with Crippen LogP contribution in [0.4, 0.5) is 0 Å². The van der Waals surface area contributed by atoms with Crippen LogP contribution in [-0.2, 0) is 7.05 Å². The lowest BCUT2D eigenvalue weighted by molar-refractivity contribution is -0.659. The third-order valence-corrected chi connectivity index (χ3v) is 4.23. The van der Waals surface area contributed by atoms with Gasteiger partial charge < -0.3 is 0 Å². The van der Waals surface area contributed by atoms with Crippen LogP contribution in [0.15, 0.2) is 54.7 Å². The van der Waals surface area contributed by atoms with E-state index in [1.54, 1.807) is 0 Å². The normalized spacial score (nSPS) is 11.3. The summed E-state index contributed by atoms with van der Waals surface area (Å²) >= 11 is 0. The van der Waals surface area contributed by atoms with Gasteiger partial charge in [-0.2, -0.15) is 0 Å². The molecule has 21 heavy (non-hydrogen) atoms. The van der Waals surface area contributed by atoms with E-state index in [0.29, 0.717) is 5.92 Å². The highest BCUT2D eigenvalue weighted by atomic mass is 14.9. The predicted molar refractivity (Wildman–Crippen MR) is 89.4 cm³/mol. The van der Waals surface area contributed by atoms with E-state index in [9.17, 15) is 0 Å². The number of hydrogen-bond acceptors (Lipinski definition) is 0. The summed E-state index contributed by atoms with van der Waals surface area (Å²) in [6, 6.07) is 17.7. The van der Waals surface area contributed by atoms with Crippen molar-refractivity contribution in [2.45, 2.75) is 26.7 Å². The van der Waals surface area contributed by atoms with Crippen molar-refractivity contribution in [1.82, 2.24) is 0 Å². The number of fused-ring (bicyclic) bond motifs is 1. The summed E-state index contributed by atoms with van der Waals surface area (Å²) in [6.45, 7) is 6.66. The van der Waals surface area contributed by atoms with Crippen LogP contribution < -0.4 is 4.57 Å². The fraction of sp³-hybridized carbons (Fsp3) is 0.250. The molecule has 0 aliphatic rings. The van der Waals surface area contributed by atoms with Gasteiger partial charge in [0.1, 0.15) is 7.05 Å². The molecular weight excluding hydrogens is 254 g/mol. The first-order valence-corrected chi connectivity index (χ1v) is 7.56. The maximum Gasteiger partial charge on any atom is 0.220 e. The lowest BCUT2D eigenvalue weighted by atomic mass is 9.96. The Labute approximate surface area is 126 Å². The summed E-state index contributed by atoms with van der Waals surface area (Å²) in [6.07, 6.45) is 2.16. The van der Waals surface area contributed by atoms with Crippen LogP contribution >= 0.6 is 0 Å². The van der Waals surface area contributed by atoms with Gasteiger partial charge in [0, 0.05) is 11.6 Å². The molecule has 0 aliphatic heterocycles. The zero-order chi connectivity index (χ0) is 15.0. The molecule has 0 bridgehead atoms. The molecule has 2 aromatic carbocycles. The van der Waals surface area contributed by atoms with E-state index in [1.165, 1.54) is 33.2 Å². The fourth-order valence-electron chi connectivity index (χ4n) is 2.92. The molecule has 0 radical (unpaired) electrons. The van der Waals surface area contributed by atoms with Gasteiger partial charge in [-0.05, 0) is 41.5 Å². The minimum Gasteiger partial charge on any atom is -0.200 e. The molecule has 0 unspecified atom stereocenters. The zero-order valence-electron chi connectivity index (χ0n) is 13.2. The Morgan fingerprint density at radius 1 is 0.952 bits per heavy atom. The molecule has 0 atom stereocenters. The van der Waals surface area contributed by atoms with Gasteiger partial charge in [-0.25, -0.2) is 4.57 Å². The molecule has 0 aliphatic carbocycles. The average molecular weight is 276 g/mol. The van der Waals surface area contributed by atoms with Gasteiger partial charge in [-0.1, -0.05) is 44.2 Å². The largest absolute Gasteiger partial charge is 0.220 e. The number of hydrogen-bond donors (Lipinski definition) is 0. The highest BCUT2D eigenvalue weighted by molar-refractivity contribution is 5.93. The molecule has 1 heterocycles. The predicted octanol–water partition coefficient (Wildman–Crippen LogP) is 4.76. The van der Waals surface area contributed by atoms with Crippen LogP contribution in [0, 0.1) is 6.92 Å². The van der Waals surface area contributed by atoms with Crippen LogP contribution in [0.25, 0.3) is 22.0 Å². The van der Waals surface area contributed by atoms with Crippen molar-refractivity contribution in [3.05, 3.63) is 65.9 Å². The Kier molecular flexibility index (Phi) is 3.50. The highest BCUT2D eigenvalue weighted by Crippen LogP contribution is 2.29. The van der Waals surface area contributed by atoms with E-state index in [0.717, 1.165) is 0 Å². The highest BCUT2D eigenvalue weighted by Gasteiger charge is 2.16. The van der Waals surface area contributed by atoms with Crippen LogP contribution in [-0.4, -0.2) is 0 Å². The molecule has 1 heteroatoms. The molecule has 3 aromatic rings. The molecule has 0 saturated heterocycles. The second-order valence-corrected chi connectivity index (χ2v) is 6.09. The number of pyridine rings is 1. The number of benzene rings is 2. The first-order chi connectivity index (χ1) is 10.1. The third kappa shape index (κ3) is 2.44. The van der Waals surface area contributed by atoms with Crippen molar-refractivity contribution < 1.29 is 4.57 Å². The SMILES string of the molecule is Cc1ccccc1-c1c2ccc(C(C)C)cc2cc[n+]1C. The van der Waals surface area contributed by atoms with Gasteiger partial charge in [-0.3, -0.25) is 0 Å². The van der Waals surface area contributed by atoms with Crippen molar-refractivity contribution >= 4 is 10.8 Å². The Hall–Kier alpha value is -2.15. The summed E-state index contributed by atoms with van der Waals surface area (Å²) in [5, 5.41) is 2.64. The van der Waals surface area contributed by atoms with E-state index in [-0.39, 0.29) is 0 Å². The second kappa shape index (κ2) is 5.33. The molecule has 0 amide bonds. The topological polar surface area (TPSA) is 3.88 Å². The van der Waals surface area contributed by atoms with Crippen molar-refractivity contribution in [3.63, 3.8) is 0 Å². The van der Waals surface area contributed by atoms with Crippen LogP contribution in [0.3, 0.4) is 0 Å². The maximum absolute atomic E-state index is 2.32. The summed E-state index contributed by atoms with van der Waals surface area (Å²) in [5.74, 6) is 0.560. The van der Waals surface area contributed by atoms with Gasteiger partial charge in [0.2, 0.25) is 5.69 Å². The zero-order valence-corrected chi connectivity index (χ0v) is 13.2. The van der Waals surface area contributed by atoms with E-state index in [2.05, 4.69) is 87.1 Å². The number of aryl methyl sites for hydroxylation is 2. The summed E-state index contributed by atoms with van der Waals surface area (Å²) in [4.78, 5) is 0. The van der Waals surface area contributed by atoms with Crippen molar-refractivity contribution in [2.24, 2.45) is 7.05 Å². The number of nitrogens with zero attached hydrogens (tertiary/aromatic N) is 1. The first-order valence-electron chi connectivity index (χ1n) is 7.56. The quantitative estimate of drug-likeness (QED) is 0.594. The van der Waals surface area contributed by atoms with Crippen molar-refractivity contribution in [1.29, 1.82) is 0 Å².